The zero-order valence-corrected chi connectivity index (χ0v) is 18.8. The summed E-state index contributed by atoms with van der Waals surface area (Å²) in [5.41, 5.74) is 11.5. The molecule has 4 aromatic rings. The summed E-state index contributed by atoms with van der Waals surface area (Å²) in [5, 5.41) is 2.64. The summed E-state index contributed by atoms with van der Waals surface area (Å²) in [5.74, 6) is 0.254. The highest BCUT2D eigenvalue weighted by molar-refractivity contribution is 7.17. The number of benzene rings is 2. The molecule has 0 saturated heterocycles. The zero-order valence-electron chi connectivity index (χ0n) is 17.9. The van der Waals surface area contributed by atoms with Crippen LogP contribution in [0, 0.1) is 20.8 Å². The maximum atomic E-state index is 13.7. The van der Waals surface area contributed by atoms with Crippen LogP contribution >= 0.6 is 11.3 Å². The van der Waals surface area contributed by atoms with E-state index >= 15 is 0 Å². The molecule has 6 heteroatoms. The summed E-state index contributed by atoms with van der Waals surface area (Å²) in [6.45, 7) is 6.55. The van der Waals surface area contributed by atoms with Crippen LogP contribution in [0.4, 0.5) is 0 Å². The number of fused-ring (bicyclic) bond motifs is 1. The normalized spacial score (nSPS) is 11.2. The molecule has 0 aliphatic heterocycles. The largest absolute Gasteiger partial charge is 0.370 e. The fourth-order valence-corrected chi connectivity index (χ4v) is 4.71. The zero-order chi connectivity index (χ0) is 22.1. The molecule has 2 aromatic carbocycles. The van der Waals surface area contributed by atoms with Crippen LogP contribution < -0.4 is 11.3 Å². The minimum Gasteiger partial charge on any atom is -0.370 e. The molecule has 31 heavy (non-hydrogen) atoms. The van der Waals surface area contributed by atoms with Gasteiger partial charge in [0, 0.05) is 29.5 Å². The molecule has 0 bridgehead atoms. The van der Waals surface area contributed by atoms with Gasteiger partial charge < -0.3 is 5.73 Å². The molecule has 0 aliphatic carbocycles. The van der Waals surface area contributed by atoms with Crippen LogP contribution in [0.25, 0.3) is 32.7 Å². The molecule has 5 nitrogen and oxygen atoms in total. The number of hydrogen-bond donors (Lipinski definition) is 1. The lowest BCUT2D eigenvalue weighted by Crippen LogP contribution is -2.24. The first-order valence-electron chi connectivity index (χ1n) is 10.3. The molecule has 2 N–H and O–H groups in total. The van der Waals surface area contributed by atoms with E-state index < -0.39 is 0 Å². The molecule has 0 unspecified atom stereocenters. The summed E-state index contributed by atoms with van der Waals surface area (Å²) in [6, 6.07) is 14.2. The molecule has 158 valence electrons. The number of nitrogens with zero attached hydrogens (tertiary/aromatic N) is 2. The lowest BCUT2D eigenvalue weighted by atomic mass is 10.0. The molecule has 2 aromatic heterocycles. The van der Waals surface area contributed by atoms with Crippen LogP contribution in [0.2, 0.25) is 0 Å². The summed E-state index contributed by atoms with van der Waals surface area (Å²) < 4.78 is 1.69. The smallest absolute Gasteiger partial charge is 0.263 e. The highest BCUT2D eigenvalue weighted by Crippen LogP contribution is 2.33. The second-order valence-electron chi connectivity index (χ2n) is 7.96. The van der Waals surface area contributed by atoms with Crippen molar-refractivity contribution in [2.45, 2.75) is 40.2 Å². The van der Waals surface area contributed by atoms with Gasteiger partial charge in [-0.3, -0.25) is 14.2 Å². The standard InChI is InChI=1S/C25H25N3O2S/c1-15-6-4-7-19(12-15)23-27-24-22(25(30)28(23)11-5-8-21(26)29)20(14-31-24)18-10-9-16(2)17(3)13-18/h4,6-7,9-10,12-14H,5,8,11H2,1-3H3,(H2,26,29). The van der Waals surface area contributed by atoms with Crippen LogP contribution in [0.5, 0.6) is 0 Å². The first kappa shape index (κ1) is 21.0. The number of aromatic nitrogens is 2. The van der Waals surface area contributed by atoms with Gasteiger partial charge in [0.2, 0.25) is 5.91 Å². The van der Waals surface area contributed by atoms with Crippen molar-refractivity contribution in [3.8, 4) is 22.5 Å². The van der Waals surface area contributed by atoms with Gasteiger partial charge in [-0.15, -0.1) is 11.3 Å². The predicted octanol–water partition coefficient (Wildman–Crippen LogP) is 4.98. The van der Waals surface area contributed by atoms with E-state index in [1.165, 1.54) is 22.5 Å². The molecule has 2 heterocycles. The molecular weight excluding hydrogens is 406 g/mol. The number of nitrogens with two attached hydrogens (primary N) is 1. The first-order valence-corrected chi connectivity index (χ1v) is 11.2. The Hall–Kier alpha value is -3.25. The van der Waals surface area contributed by atoms with Crippen molar-refractivity contribution >= 4 is 27.5 Å². The van der Waals surface area contributed by atoms with Gasteiger partial charge >= 0.3 is 0 Å². The lowest BCUT2D eigenvalue weighted by molar-refractivity contribution is -0.118. The van der Waals surface area contributed by atoms with Gasteiger partial charge in [0.05, 0.1) is 5.39 Å². The van der Waals surface area contributed by atoms with Gasteiger partial charge in [0.25, 0.3) is 5.56 Å². The highest BCUT2D eigenvalue weighted by Gasteiger charge is 2.18. The maximum Gasteiger partial charge on any atom is 0.263 e. The maximum absolute atomic E-state index is 13.7. The SMILES string of the molecule is Cc1cccc(-c2nc3scc(-c4ccc(C)c(C)c4)c3c(=O)n2CCCC(N)=O)c1. The second-order valence-corrected chi connectivity index (χ2v) is 8.82. The van der Waals surface area contributed by atoms with Crippen molar-refractivity contribution < 1.29 is 4.79 Å². The van der Waals surface area contributed by atoms with Crippen LogP contribution in [0.1, 0.15) is 29.5 Å². The number of carbonyl (C=O) groups is 1. The fourth-order valence-electron chi connectivity index (χ4n) is 3.77. The third-order valence-corrected chi connectivity index (χ3v) is 6.47. The Labute approximate surface area is 185 Å². The molecule has 0 fully saturated rings. The lowest BCUT2D eigenvalue weighted by Gasteiger charge is -2.13. The Kier molecular flexibility index (Phi) is 5.74. The van der Waals surface area contributed by atoms with E-state index in [1.54, 1.807) is 4.57 Å². The third kappa shape index (κ3) is 4.16. The number of rotatable bonds is 6. The Morgan fingerprint density at radius 1 is 1.06 bits per heavy atom. The number of thiophene rings is 1. The predicted molar refractivity (Wildman–Crippen MR) is 127 cm³/mol. The topological polar surface area (TPSA) is 78.0 Å². The van der Waals surface area contributed by atoms with Crippen molar-refractivity contribution in [2.24, 2.45) is 5.73 Å². The van der Waals surface area contributed by atoms with E-state index in [-0.39, 0.29) is 17.9 Å². The Morgan fingerprint density at radius 2 is 1.87 bits per heavy atom. The molecule has 1 amide bonds. The molecule has 0 radical (unpaired) electrons. The average molecular weight is 432 g/mol. The van der Waals surface area contributed by atoms with Crippen LogP contribution in [-0.2, 0) is 11.3 Å². The third-order valence-electron chi connectivity index (χ3n) is 5.59. The Bertz CT molecular complexity index is 1350. The van der Waals surface area contributed by atoms with Crippen molar-refractivity contribution in [1.29, 1.82) is 0 Å². The van der Waals surface area contributed by atoms with Gasteiger partial charge in [-0.1, -0.05) is 42.0 Å². The van der Waals surface area contributed by atoms with E-state index in [0.29, 0.717) is 24.2 Å². The number of primary amides is 1. The molecule has 0 atom stereocenters. The van der Waals surface area contributed by atoms with Crippen molar-refractivity contribution in [2.75, 3.05) is 0 Å². The quantitative estimate of drug-likeness (QED) is 0.467. The van der Waals surface area contributed by atoms with Gasteiger partial charge in [-0.2, -0.15) is 0 Å². The van der Waals surface area contributed by atoms with Gasteiger partial charge in [-0.25, -0.2) is 4.98 Å². The first-order chi connectivity index (χ1) is 14.8. The summed E-state index contributed by atoms with van der Waals surface area (Å²) in [7, 11) is 0. The van der Waals surface area contributed by atoms with Crippen molar-refractivity contribution in [3.63, 3.8) is 0 Å². The number of carbonyl (C=O) groups excluding carboxylic acids is 1. The molecule has 4 rings (SSSR count). The van der Waals surface area contributed by atoms with Crippen molar-refractivity contribution in [3.05, 3.63) is 74.9 Å². The fraction of sp³-hybridized carbons (Fsp3) is 0.240. The van der Waals surface area contributed by atoms with Crippen LogP contribution in [0.3, 0.4) is 0 Å². The van der Waals surface area contributed by atoms with Crippen LogP contribution in [0.15, 0.2) is 52.6 Å². The highest BCUT2D eigenvalue weighted by atomic mass is 32.1. The van der Waals surface area contributed by atoms with Crippen molar-refractivity contribution in [1.82, 2.24) is 9.55 Å². The number of hydrogen-bond acceptors (Lipinski definition) is 4. The van der Waals surface area contributed by atoms with Gasteiger partial charge in [0.1, 0.15) is 10.7 Å². The summed E-state index contributed by atoms with van der Waals surface area (Å²) in [4.78, 5) is 30.6. The second kappa shape index (κ2) is 8.47. The number of amides is 1. The van der Waals surface area contributed by atoms with E-state index in [1.807, 2.05) is 36.6 Å². The van der Waals surface area contributed by atoms with E-state index in [9.17, 15) is 9.59 Å². The van der Waals surface area contributed by atoms with Gasteiger partial charge in [0.15, 0.2) is 0 Å². The van der Waals surface area contributed by atoms with E-state index in [4.69, 9.17) is 10.7 Å². The Morgan fingerprint density at radius 3 is 2.58 bits per heavy atom. The minimum atomic E-state index is -0.370. The minimum absolute atomic E-state index is 0.0829. The molecular formula is C25H25N3O2S. The summed E-state index contributed by atoms with van der Waals surface area (Å²) >= 11 is 1.48. The van der Waals surface area contributed by atoms with Crippen LogP contribution in [-0.4, -0.2) is 15.5 Å². The molecule has 0 saturated carbocycles. The monoisotopic (exact) mass is 431 g/mol. The molecule has 0 spiro atoms. The average Bonchev–Trinajstić information content (AvgIpc) is 3.15. The number of aryl methyl sites for hydroxylation is 3. The summed E-state index contributed by atoms with van der Waals surface area (Å²) in [6.07, 6.45) is 0.718. The van der Waals surface area contributed by atoms with Gasteiger partial charge in [-0.05, 0) is 49.9 Å². The van der Waals surface area contributed by atoms with E-state index in [0.717, 1.165) is 27.1 Å². The molecule has 0 aliphatic rings. The van der Waals surface area contributed by atoms with E-state index in [2.05, 4.69) is 32.0 Å². The Balaban J connectivity index is 1.93.